The second kappa shape index (κ2) is 11.0. The molecule has 0 heterocycles. The van der Waals surface area contributed by atoms with Crippen LogP contribution in [-0.4, -0.2) is 18.3 Å². The molecule has 3 atom stereocenters. The summed E-state index contributed by atoms with van der Waals surface area (Å²) in [7, 11) is 1.69. The van der Waals surface area contributed by atoms with Crippen LogP contribution in [0.2, 0.25) is 0 Å². The highest BCUT2D eigenvalue weighted by Crippen LogP contribution is 2.26. The summed E-state index contributed by atoms with van der Waals surface area (Å²) in [5.41, 5.74) is 3.97. The van der Waals surface area contributed by atoms with E-state index in [1.165, 1.54) is 16.7 Å². The van der Waals surface area contributed by atoms with E-state index in [0.717, 1.165) is 31.4 Å². The van der Waals surface area contributed by atoms with Crippen LogP contribution in [0.5, 0.6) is 5.75 Å². The number of methoxy groups -OCH3 is 1. The SMILES string of the molecule is C.COc1ccc([C@H](C)CCC(O)CC[C@@H](C)c2ccc(C)cc2)cc1. The molecule has 0 amide bonds. The molecule has 2 rings (SSSR count). The number of aliphatic hydroxyl groups is 1. The summed E-state index contributed by atoms with van der Waals surface area (Å²) in [6.45, 7) is 6.59. The van der Waals surface area contributed by atoms with Crippen molar-refractivity contribution < 1.29 is 9.84 Å². The summed E-state index contributed by atoms with van der Waals surface area (Å²) in [6, 6.07) is 17.0. The molecule has 2 aromatic rings. The molecule has 0 aliphatic heterocycles. The highest BCUT2D eigenvalue weighted by molar-refractivity contribution is 5.29. The fourth-order valence-electron chi connectivity index (χ4n) is 3.19. The Labute approximate surface area is 160 Å². The van der Waals surface area contributed by atoms with Gasteiger partial charge >= 0.3 is 0 Å². The topological polar surface area (TPSA) is 29.5 Å². The molecule has 0 aromatic heterocycles. The second-order valence-electron chi connectivity index (χ2n) is 7.29. The van der Waals surface area contributed by atoms with E-state index in [2.05, 4.69) is 57.2 Å². The van der Waals surface area contributed by atoms with Gasteiger partial charge in [-0.05, 0) is 67.7 Å². The number of aryl methyl sites for hydroxylation is 1. The Morgan fingerprint density at radius 3 is 1.62 bits per heavy atom. The van der Waals surface area contributed by atoms with Crippen LogP contribution in [-0.2, 0) is 0 Å². The van der Waals surface area contributed by atoms with Crippen molar-refractivity contribution >= 4 is 0 Å². The molecule has 0 fully saturated rings. The minimum atomic E-state index is -0.214. The highest BCUT2D eigenvalue weighted by atomic mass is 16.5. The summed E-state index contributed by atoms with van der Waals surface area (Å²) in [6.07, 6.45) is 3.54. The van der Waals surface area contributed by atoms with E-state index in [9.17, 15) is 5.11 Å². The molecule has 0 saturated heterocycles. The molecule has 26 heavy (non-hydrogen) atoms. The molecule has 0 spiro atoms. The van der Waals surface area contributed by atoms with Crippen LogP contribution >= 0.6 is 0 Å². The molecule has 0 aliphatic carbocycles. The quantitative estimate of drug-likeness (QED) is 0.558. The van der Waals surface area contributed by atoms with Crippen LogP contribution in [0.4, 0.5) is 0 Å². The summed E-state index contributed by atoms with van der Waals surface area (Å²) >= 11 is 0. The van der Waals surface area contributed by atoms with Crippen molar-refractivity contribution in [3.05, 3.63) is 65.2 Å². The predicted octanol–water partition coefficient (Wildman–Crippen LogP) is 6.47. The van der Waals surface area contributed by atoms with E-state index < -0.39 is 0 Å². The Kier molecular flexibility index (Phi) is 9.43. The molecule has 1 unspecified atom stereocenters. The van der Waals surface area contributed by atoms with Gasteiger partial charge in [-0.25, -0.2) is 0 Å². The largest absolute Gasteiger partial charge is 0.497 e. The van der Waals surface area contributed by atoms with E-state index in [4.69, 9.17) is 4.74 Å². The van der Waals surface area contributed by atoms with Gasteiger partial charge in [0.2, 0.25) is 0 Å². The van der Waals surface area contributed by atoms with Crippen LogP contribution in [0, 0.1) is 6.92 Å². The van der Waals surface area contributed by atoms with Gasteiger partial charge in [-0.3, -0.25) is 0 Å². The fraction of sp³-hybridized carbons (Fsp3) is 0.500. The average Bonchev–Trinajstić information content (AvgIpc) is 2.64. The maximum absolute atomic E-state index is 10.3. The van der Waals surface area contributed by atoms with Gasteiger partial charge in [0, 0.05) is 0 Å². The average molecular weight is 357 g/mol. The Morgan fingerprint density at radius 2 is 1.19 bits per heavy atom. The van der Waals surface area contributed by atoms with E-state index in [-0.39, 0.29) is 13.5 Å². The van der Waals surface area contributed by atoms with E-state index >= 15 is 0 Å². The van der Waals surface area contributed by atoms with Crippen molar-refractivity contribution in [2.45, 2.75) is 71.8 Å². The minimum Gasteiger partial charge on any atom is -0.497 e. The van der Waals surface area contributed by atoms with Crippen molar-refractivity contribution in [3.8, 4) is 5.75 Å². The second-order valence-corrected chi connectivity index (χ2v) is 7.29. The Bertz CT molecular complexity index is 616. The van der Waals surface area contributed by atoms with Crippen molar-refractivity contribution in [1.29, 1.82) is 0 Å². The van der Waals surface area contributed by atoms with Crippen molar-refractivity contribution in [3.63, 3.8) is 0 Å². The van der Waals surface area contributed by atoms with Crippen LogP contribution < -0.4 is 4.74 Å². The third-order valence-electron chi connectivity index (χ3n) is 5.20. The van der Waals surface area contributed by atoms with Crippen LogP contribution in [0.1, 0.15) is 75.5 Å². The number of benzene rings is 2. The fourth-order valence-corrected chi connectivity index (χ4v) is 3.19. The molecule has 1 N–H and O–H groups in total. The van der Waals surface area contributed by atoms with Crippen molar-refractivity contribution in [1.82, 2.24) is 0 Å². The Hall–Kier alpha value is -1.80. The zero-order valence-electron chi connectivity index (χ0n) is 16.0. The molecule has 0 radical (unpaired) electrons. The number of ether oxygens (including phenoxy) is 1. The number of hydrogen-bond acceptors (Lipinski definition) is 2. The van der Waals surface area contributed by atoms with E-state index in [1.54, 1.807) is 7.11 Å². The molecule has 2 nitrogen and oxygen atoms in total. The summed E-state index contributed by atoms with van der Waals surface area (Å²) in [4.78, 5) is 0. The van der Waals surface area contributed by atoms with Crippen LogP contribution in [0.3, 0.4) is 0 Å². The molecule has 0 bridgehead atoms. The highest BCUT2D eigenvalue weighted by Gasteiger charge is 2.12. The van der Waals surface area contributed by atoms with Crippen LogP contribution in [0.15, 0.2) is 48.5 Å². The zero-order valence-corrected chi connectivity index (χ0v) is 16.0. The summed E-state index contributed by atoms with van der Waals surface area (Å²) < 4.78 is 5.20. The lowest BCUT2D eigenvalue weighted by Crippen LogP contribution is -2.10. The summed E-state index contributed by atoms with van der Waals surface area (Å²) in [5, 5.41) is 10.3. The third-order valence-corrected chi connectivity index (χ3v) is 5.20. The maximum atomic E-state index is 10.3. The van der Waals surface area contributed by atoms with E-state index in [0.29, 0.717) is 11.8 Å². The number of aliphatic hydroxyl groups excluding tert-OH is 1. The molecule has 0 aliphatic rings. The zero-order chi connectivity index (χ0) is 18.2. The first-order valence-electron chi connectivity index (χ1n) is 9.38. The molecule has 2 heteroatoms. The first-order chi connectivity index (χ1) is 12.0. The van der Waals surface area contributed by atoms with Gasteiger partial charge in [-0.2, -0.15) is 0 Å². The Morgan fingerprint density at radius 1 is 0.769 bits per heavy atom. The molecular formula is C24H36O2. The van der Waals surface area contributed by atoms with E-state index in [1.807, 2.05) is 12.1 Å². The maximum Gasteiger partial charge on any atom is 0.118 e. The predicted molar refractivity (Wildman–Crippen MR) is 112 cm³/mol. The lowest BCUT2D eigenvalue weighted by Gasteiger charge is -2.18. The van der Waals surface area contributed by atoms with Gasteiger partial charge in [-0.15, -0.1) is 0 Å². The van der Waals surface area contributed by atoms with Gasteiger partial charge < -0.3 is 9.84 Å². The number of hydrogen-bond donors (Lipinski definition) is 1. The molecular weight excluding hydrogens is 320 g/mol. The molecule has 144 valence electrons. The first-order valence-corrected chi connectivity index (χ1v) is 9.38. The van der Waals surface area contributed by atoms with Gasteiger partial charge in [0.25, 0.3) is 0 Å². The van der Waals surface area contributed by atoms with Gasteiger partial charge in [-0.1, -0.05) is 63.2 Å². The Balaban J connectivity index is 0.00000338. The van der Waals surface area contributed by atoms with Gasteiger partial charge in [0.15, 0.2) is 0 Å². The first kappa shape index (κ1) is 22.2. The van der Waals surface area contributed by atoms with Gasteiger partial charge in [0.05, 0.1) is 13.2 Å². The lowest BCUT2D eigenvalue weighted by atomic mass is 9.91. The van der Waals surface area contributed by atoms with Crippen molar-refractivity contribution in [2.24, 2.45) is 0 Å². The standard InChI is InChI=1S/C23H32O2.CH4/c1-17-5-9-20(10-6-17)18(2)7-13-22(24)14-8-19(3)21-11-15-23(25-4)16-12-21;/h5-6,9-12,15-16,18-19,22,24H,7-8,13-14H2,1-4H3;1H4/t18-,19-,22?;/m1./s1. The van der Waals surface area contributed by atoms with Gasteiger partial charge in [0.1, 0.15) is 5.75 Å². The molecule has 0 saturated carbocycles. The van der Waals surface area contributed by atoms with Crippen molar-refractivity contribution in [2.75, 3.05) is 7.11 Å². The smallest absolute Gasteiger partial charge is 0.118 e. The molecule has 2 aromatic carbocycles. The normalized spacial score (nSPS) is 14.2. The number of rotatable bonds is 9. The monoisotopic (exact) mass is 356 g/mol. The van der Waals surface area contributed by atoms with Crippen LogP contribution in [0.25, 0.3) is 0 Å². The summed E-state index contributed by atoms with van der Waals surface area (Å²) in [5.74, 6) is 1.84. The minimum absolute atomic E-state index is 0. The lowest BCUT2D eigenvalue weighted by molar-refractivity contribution is 0.145. The third kappa shape index (κ3) is 6.84.